The number of carbonyl (C=O) groups excluding carboxylic acids is 1. The summed E-state index contributed by atoms with van der Waals surface area (Å²) < 4.78 is 19.1. The van der Waals surface area contributed by atoms with Crippen LogP contribution < -0.4 is 5.73 Å². The number of nitriles is 1. The summed E-state index contributed by atoms with van der Waals surface area (Å²) in [4.78, 5) is 16.1. The molecule has 0 unspecified atom stereocenters. The zero-order valence-electron chi connectivity index (χ0n) is 18.3. The quantitative estimate of drug-likeness (QED) is 0.425. The standard InChI is InChI=1S/C23H30FN4O2P/c1-23(2,3)30-22(29)28-11-9-27(10-12-28)21(20(26)14-25)13-19(18-15-31(24)16-18)17-7-5-4-6-8-17/h4-8,13,18H,9-12,15-16,26H2,1-3H3/b19-13-,21-20+. The van der Waals surface area contributed by atoms with Crippen molar-refractivity contribution in [3.8, 4) is 6.07 Å². The van der Waals surface area contributed by atoms with Gasteiger partial charge in [-0.3, -0.25) is 0 Å². The highest BCUT2D eigenvalue weighted by molar-refractivity contribution is 7.53. The molecule has 1 amide bonds. The lowest BCUT2D eigenvalue weighted by Crippen LogP contribution is -2.49. The maximum atomic E-state index is 13.7. The Balaban J connectivity index is 1.81. The molecule has 0 saturated carbocycles. The number of ether oxygens (including phenoxy) is 1. The van der Waals surface area contributed by atoms with Gasteiger partial charge in [0.15, 0.2) is 0 Å². The Morgan fingerprint density at radius 3 is 2.29 bits per heavy atom. The number of rotatable bonds is 4. The normalized spacial score (nSPS) is 22.9. The fourth-order valence-electron chi connectivity index (χ4n) is 3.69. The van der Waals surface area contributed by atoms with Crippen LogP contribution in [0.4, 0.5) is 8.99 Å². The Kier molecular flexibility index (Phi) is 7.23. The molecule has 6 nitrogen and oxygen atoms in total. The van der Waals surface area contributed by atoms with E-state index in [-0.39, 0.29) is 17.7 Å². The molecule has 2 heterocycles. The summed E-state index contributed by atoms with van der Waals surface area (Å²) in [5.74, 6) is 0.128. The van der Waals surface area contributed by atoms with E-state index in [2.05, 4.69) is 6.07 Å². The second-order valence-corrected chi connectivity index (χ2v) is 10.5. The van der Waals surface area contributed by atoms with Crippen LogP contribution in [0.1, 0.15) is 26.3 Å². The van der Waals surface area contributed by atoms with Gasteiger partial charge in [0, 0.05) is 38.5 Å². The van der Waals surface area contributed by atoms with E-state index in [4.69, 9.17) is 10.5 Å². The SMILES string of the molecule is CC(C)(C)OC(=O)N1CCN(C(/C=C(/c2ccccc2)C2CP(F)C2)=C(/N)C#N)CC1. The molecule has 166 valence electrons. The van der Waals surface area contributed by atoms with Crippen LogP contribution in [0, 0.1) is 17.2 Å². The van der Waals surface area contributed by atoms with E-state index in [1.54, 1.807) is 4.90 Å². The van der Waals surface area contributed by atoms with E-state index in [1.807, 2.05) is 62.1 Å². The Bertz CT molecular complexity index is 890. The third-order valence-corrected chi connectivity index (χ3v) is 7.02. The average Bonchev–Trinajstić information content (AvgIpc) is 2.72. The topological polar surface area (TPSA) is 82.6 Å². The molecule has 8 heteroatoms. The third-order valence-electron chi connectivity index (χ3n) is 5.34. The van der Waals surface area contributed by atoms with E-state index in [9.17, 15) is 14.3 Å². The van der Waals surface area contributed by atoms with Crippen molar-refractivity contribution in [2.45, 2.75) is 26.4 Å². The van der Waals surface area contributed by atoms with Crippen molar-refractivity contribution in [2.75, 3.05) is 38.5 Å². The van der Waals surface area contributed by atoms with Gasteiger partial charge < -0.3 is 20.3 Å². The van der Waals surface area contributed by atoms with Gasteiger partial charge in [0.1, 0.15) is 17.4 Å². The molecule has 2 saturated heterocycles. The van der Waals surface area contributed by atoms with E-state index in [0.29, 0.717) is 44.2 Å². The number of allylic oxidation sites excluding steroid dienone is 3. The third kappa shape index (κ3) is 5.98. The molecule has 31 heavy (non-hydrogen) atoms. The molecule has 2 aliphatic rings. The number of hydrogen-bond donors (Lipinski definition) is 1. The van der Waals surface area contributed by atoms with Gasteiger partial charge >= 0.3 is 6.09 Å². The van der Waals surface area contributed by atoms with Crippen LogP contribution in [0.2, 0.25) is 0 Å². The van der Waals surface area contributed by atoms with E-state index >= 15 is 0 Å². The van der Waals surface area contributed by atoms with Crippen LogP contribution in [-0.4, -0.2) is 60.0 Å². The Hall–Kier alpha value is -2.58. The molecule has 0 aliphatic carbocycles. The second kappa shape index (κ2) is 9.70. The maximum Gasteiger partial charge on any atom is 0.410 e. The average molecular weight is 444 g/mol. The summed E-state index contributed by atoms with van der Waals surface area (Å²) in [5.41, 5.74) is 8.35. The van der Waals surface area contributed by atoms with Crippen molar-refractivity contribution in [2.24, 2.45) is 11.7 Å². The van der Waals surface area contributed by atoms with Gasteiger partial charge in [-0.05, 0) is 43.9 Å². The molecule has 0 bridgehead atoms. The molecule has 1 aromatic rings. The summed E-state index contributed by atoms with van der Waals surface area (Å²) in [6.45, 7) is 7.56. The fourth-order valence-corrected chi connectivity index (χ4v) is 4.93. The van der Waals surface area contributed by atoms with Crippen molar-refractivity contribution < 1.29 is 13.7 Å². The lowest BCUT2D eigenvalue weighted by atomic mass is 9.93. The minimum atomic E-state index is -1.39. The van der Waals surface area contributed by atoms with Gasteiger partial charge in [-0.15, -0.1) is 0 Å². The van der Waals surface area contributed by atoms with E-state index in [1.165, 1.54) is 0 Å². The number of hydrogen-bond acceptors (Lipinski definition) is 5. The van der Waals surface area contributed by atoms with Crippen molar-refractivity contribution in [1.82, 2.24) is 9.80 Å². The van der Waals surface area contributed by atoms with Crippen molar-refractivity contribution in [1.29, 1.82) is 5.26 Å². The molecule has 0 radical (unpaired) electrons. The first-order chi connectivity index (χ1) is 14.7. The minimum Gasteiger partial charge on any atom is -0.444 e. The highest BCUT2D eigenvalue weighted by atomic mass is 31.2. The van der Waals surface area contributed by atoms with Gasteiger partial charge in [0.05, 0.1) is 13.9 Å². The van der Waals surface area contributed by atoms with Gasteiger partial charge in [0.25, 0.3) is 0 Å². The summed E-state index contributed by atoms with van der Waals surface area (Å²) in [7, 11) is -1.39. The van der Waals surface area contributed by atoms with Crippen LogP contribution in [0.25, 0.3) is 5.57 Å². The molecule has 0 spiro atoms. The van der Waals surface area contributed by atoms with Gasteiger partial charge in [-0.1, -0.05) is 30.3 Å². The molecular weight excluding hydrogens is 414 g/mol. The number of piperazine rings is 1. The Morgan fingerprint density at radius 1 is 1.19 bits per heavy atom. The molecule has 2 N–H and O–H groups in total. The first-order valence-corrected chi connectivity index (χ1v) is 12.1. The summed E-state index contributed by atoms with van der Waals surface area (Å²) in [6, 6.07) is 11.9. The Morgan fingerprint density at radius 2 is 1.77 bits per heavy atom. The number of carbonyl (C=O) groups is 1. The number of benzene rings is 1. The number of halogens is 1. The smallest absolute Gasteiger partial charge is 0.410 e. The van der Waals surface area contributed by atoms with Crippen LogP contribution in [0.3, 0.4) is 0 Å². The summed E-state index contributed by atoms with van der Waals surface area (Å²) in [5, 5.41) is 9.51. The first kappa shape index (κ1) is 23.1. The van der Waals surface area contributed by atoms with E-state index < -0.39 is 13.8 Å². The Labute approximate surface area is 185 Å². The lowest BCUT2D eigenvalue weighted by Gasteiger charge is -2.38. The predicted molar refractivity (Wildman–Crippen MR) is 122 cm³/mol. The highest BCUT2D eigenvalue weighted by Gasteiger charge is 2.34. The second-order valence-electron chi connectivity index (χ2n) is 8.86. The van der Waals surface area contributed by atoms with E-state index in [0.717, 1.165) is 11.1 Å². The molecule has 2 fully saturated rings. The maximum absolute atomic E-state index is 13.7. The van der Waals surface area contributed by atoms with Crippen LogP contribution in [-0.2, 0) is 4.74 Å². The van der Waals surface area contributed by atoms with Crippen molar-refractivity contribution >= 4 is 19.9 Å². The first-order valence-electron chi connectivity index (χ1n) is 10.5. The fraction of sp³-hybridized carbons (Fsp3) is 0.478. The summed E-state index contributed by atoms with van der Waals surface area (Å²) >= 11 is 0. The number of nitrogens with two attached hydrogens (primary N) is 1. The zero-order valence-corrected chi connectivity index (χ0v) is 19.2. The number of amides is 1. The van der Waals surface area contributed by atoms with Gasteiger partial charge in [-0.2, -0.15) is 5.26 Å². The molecule has 2 aliphatic heterocycles. The largest absolute Gasteiger partial charge is 0.444 e. The van der Waals surface area contributed by atoms with Crippen LogP contribution >= 0.6 is 8.23 Å². The highest BCUT2D eigenvalue weighted by Crippen LogP contribution is 2.55. The molecule has 3 rings (SSSR count). The zero-order chi connectivity index (χ0) is 22.6. The molecular formula is C23H30FN4O2P. The lowest BCUT2D eigenvalue weighted by molar-refractivity contribution is 0.0171. The predicted octanol–water partition coefficient (Wildman–Crippen LogP) is 4.31. The monoisotopic (exact) mass is 444 g/mol. The van der Waals surface area contributed by atoms with Gasteiger partial charge in [-0.25, -0.2) is 8.99 Å². The minimum absolute atomic E-state index is 0.126. The number of nitrogens with zero attached hydrogens (tertiary/aromatic N) is 3. The molecule has 0 atom stereocenters. The molecule has 0 aromatic heterocycles. The van der Waals surface area contributed by atoms with Gasteiger partial charge in [0.2, 0.25) is 0 Å². The van der Waals surface area contributed by atoms with Crippen LogP contribution in [0.15, 0.2) is 47.8 Å². The van der Waals surface area contributed by atoms with Crippen molar-refractivity contribution in [3.05, 3.63) is 53.4 Å². The molecule has 1 aromatic carbocycles. The van der Waals surface area contributed by atoms with Crippen LogP contribution in [0.5, 0.6) is 0 Å². The van der Waals surface area contributed by atoms with Crippen molar-refractivity contribution in [3.63, 3.8) is 0 Å². The summed E-state index contributed by atoms with van der Waals surface area (Å²) in [6.07, 6.45) is 2.70.